The third kappa shape index (κ3) is 2.85. The highest BCUT2D eigenvalue weighted by Gasteiger charge is 2.36. The Balaban J connectivity index is 2.28. The molecule has 0 aromatic carbocycles. The fraction of sp³-hybridized carbons (Fsp3) is 0.273. The van der Waals surface area contributed by atoms with Crippen molar-refractivity contribution in [3.8, 4) is 0 Å². The zero-order valence-corrected chi connectivity index (χ0v) is 10.1. The van der Waals surface area contributed by atoms with Crippen molar-refractivity contribution in [2.75, 3.05) is 0 Å². The molecule has 96 valence electrons. The lowest BCUT2D eigenvalue weighted by Crippen LogP contribution is -2.10. The molecule has 3 nitrogen and oxygen atoms in total. The van der Waals surface area contributed by atoms with Crippen LogP contribution in [-0.4, -0.2) is 9.97 Å². The lowest BCUT2D eigenvalue weighted by molar-refractivity contribution is -0.141. The molecule has 2 N–H and O–H groups in total. The molecule has 7 heteroatoms. The van der Waals surface area contributed by atoms with Crippen molar-refractivity contribution < 1.29 is 13.2 Å². The molecule has 0 atom stereocenters. The second-order valence-corrected chi connectivity index (χ2v) is 4.75. The van der Waals surface area contributed by atoms with Gasteiger partial charge in [-0.3, -0.25) is 4.98 Å². The van der Waals surface area contributed by atoms with E-state index in [1.165, 1.54) is 0 Å². The minimum atomic E-state index is -4.45. The highest BCUT2D eigenvalue weighted by molar-refractivity contribution is 7.11. The van der Waals surface area contributed by atoms with Crippen LogP contribution < -0.4 is 5.73 Å². The van der Waals surface area contributed by atoms with E-state index in [1.54, 1.807) is 24.4 Å². The Morgan fingerprint density at radius 1 is 1.28 bits per heavy atom. The lowest BCUT2D eigenvalue weighted by Gasteiger charge is -2.03. The molecule has 0 fully saturated rings. The summed E-state index contributed by atoms with van der Waals surface area (Å²) >= 11 is 0.985. The van der Waals surface area contributed by atoms with Gasteiger partial charge < -0.3 is 5.73 Å². The standard InChI is InChI=1S/C11H10F3N3S/c12-11(13,14)10-8(6-15)18-9(17-10)5-7-3-1-2-4-16-7/h1-4H,5-6,15H2. The Morgan fingerprint density at radius 3 is 2.56 bits per heavy atom. The van der Waals surface area contributed by atoms with Crippen LogP contribution in [0.5, 0.6) is 0 Å². The Morgan fingerprint density at radius 2 is 2.06 bits per heavy atom. The molecule has 0 aliphatic carbocycles. The summed E-state index contributed by atoms with van der Waals surface area (Å²) in [6.07, 6.45) is -2.57. The van der Waals surface area contributed by atoms with E-state index in [9.17, 15) is 13.2 Å². The first-order valence-corrected chi connectivity index (χ1v) is 5.98. The predicted molar refractivity (Wildman–Crippen MR) is 62.1 cm³/mol. The summed E-state index contributed by atoms with van der Waals surface area (Å²) in [5.74, 6) is 0. The summed E-state index contributed by atoms with van der Waals surface area (Å²) in [5.41, 5.74) is 5.12. The minimum absolute atomic E-state index is 0.0634. The number of hydrogen-bond acceptors (Lipinski definition) is 4. The van der Waals surface area contributed by atoms with Gasteiger partial charge in [0.25, 0.3) is 0 Å². The van der Waals surface area contributed by atoms with Gasteiger partial charge in [0.1, 0.15) is 0 Å². The summed E-state index contributed by atoms with van der Waals surface area (Å²) in [6.45, 7) is -0.158. The van der Waals surface area contributed by atoms with E-state index in [1.807, 2.05) is 0 Å². The maximum atomic E-state index is 12.7. The SMILES string of the molecule is NCc1sc(Cc2ccccn2)nc1C(F)(F)F. The van der Waals surface area contributed by atoms with Crippen LogP contribution in [0.3, 0.4) is 0 Å². The van der Waals surface area contributed by atoms with E-state index >= 15 is 0 Å². The van der Waals surface area contributed by atoms with Gasteiger partial charge >= 0.3 is 6.18 Å². The number of nitrogens with two attached hydrogens (primary N) is 1. The second-order valence-electron chi connectivity index (χ2n) is 3.58. The van der Waals surface area contributed by atoms with Crippen molar-refractivity contribution in [3.63, 3.8) is 0 Å². The highest BCUT2D eigenvalue weighted by Crippen LogP contribution is 2.34. The fourth-order valence-corrected chi connectivity index (χ4v) is 2.48. The Kier molecular flexibility index (Phi) is 3.63. The molecule has 0 unspecified atom stereocenters. The maximum Gasteiger partial charge on any atom is 0.434 e. The van der Waals surface area contributed by atoms with Crippen molar-refractivity contribution in [3.05, 3.63) is 45.7 Å². The van der Waals surface area contributed by atoms with Gasteiger partial charge in [-0.1, -0.05) is 6.07 Å². The molecular formula is C11H10F3N3S. The van der Waals surface area contributed by atoms with Gasteiger partial charge in [0.05, 0.1) is 9.88 Å². The summed E-state index contributed by atoms with van der Waals surface area (Å²) in [7, 11) is 0. The first-order chi connectivity index (χ1) is 8.50. The molecule has 2 aromatic heterocycles. The largest absolute Gasteiger partial charge is 0.434 e. The molecule has 0 saturated carbocycles. The third-order valence-corrected chi connectivity index (χ3v) is 3.33. The van der Waals surface area contributed by atoms with Crippen molar-refractivity contribution in [2.24, 2.45) is 5.73 Å². The van der Waals surface area contributed by atoms with E-state index in [0.717, 1.165) is 11.3 Å². The van der Waals surface area contributed by atoms with E-state index in [0.29, 0.717) is 10.7 Å². The number of aromatic nitrogens is 2. The van der Waals surface area contributed by atoms with Crippen molar-refractivity contribution in [1.82, 2.24) is 9.97 Å². The normalized spacial score (nSPS) is 11.8. The Bertz CT molecular complexity index is 522. The van der Waals surface area contributed by atoms with Crippen LogP contribution in [0.2, 0.25) is 0 Å². The molecule has 18 heavy (non-hydrogen) atoms. The van der Waals surface area contributed by atoms with Crippen LogP contribution in [0.1, 0.15) is 21.3 Å². The molecule has 0 amide bonds. The van der Waals surface area contributed by atoms with Crippen LogP contribution in [-0.2, 0) is 19.1 Å². The van der Waals surface area contributed by atoms with Crippen molar-refractivity contribution in [2.45, 2.75) is 19.1 Å². The van der Waals surface area contributed by atoms with Gasteiger partial charge in [0.15, 0.2) is 5.69 Å². The van der Waals surface area contributed by atoms with Crippen LogP contribution in [0.4, 0.5) is 13.2 Å². The zero-order chi connectivity index (χ0) is 13.2. The first kappa shape index (κ1) is 13.0. The molecule has 0 saturated heterocycles. The van der Waals surface area contributed by atoms with Gasteiger partial charge in [0.2, 0.25) is 0 Å². The van der Waals surface area contributed by atoms with Gasteiger partial charge in [-0.25, -0.2) is 4.98 Å². The number of halogens is 3. The minimum Gasteiger partial charge on any atom is -0.326 e. The monoisotopic (exact) mass is 273 g/mol. The summed E-state index contributed by atoms with van der Waals surface area (Å²) in [5, 5.41) is 0.376. The molecule has 2 aromatic rings. The summed E-state index contributed by atoms with van der Waals surface area (Å²) in [6, 6.07) is 5.28. The molecule has 2 heterocycles. The third-order valence-electron chi connectivity index (χ3n) is 2.25. The molecule has 0 bridgehead atoms. The van der Waals surface area contributed by atoms with E-state index < -0.39 is 11.9 Å². The number of pyridine rings is 1. The van der Waals surface area contributed by atoms with Crippen LogP contribution in [0.25, 0.3) is 0 Å². The molecule has 0 aliphatic rings. The number of hydrogen-bond donors (Lipinski definition) is 1. The Labute approximate surface area is 105 Å². The maximum absolute atomic E-state index is 12.7. The molecule has 0 aliphatic heterocycles. The smallest absolute Gasteiger partial charge is 0.326 e. The van der Waals surface area contributed by atoms with Crippen molar-refractivity contribution in [1.29, 1.82) is 0 Å². The number of alkyl halides is 3. The van der Waals surface area contributed by atoms with Crippen molar-refractivity contribution >= 4 is 11.3 Å². The average Bonchev–Trinajstić information content (AvgIpc) is 2.73. The van der Waals surface area contributed by atoms with Gasteiger partial charge in [0, 0.05) is 24.9 Å². The molecule has 0 radical (unpaired) electrons. The van der Waals surface area contributed by atoms with E-state index in [2.05, 4.69) is 9.97 Å². The van der Waals surface area contributed by atoms with Gasteiger partial charge in [-0.2, -0.15) is 13.2 Å². The zero-order valence-electron chi connectivity index (χ0n) is 9.24. The molecule has 0 spiro atoms. The average molecular weight is 273 g/mol. The fourth-order valence-electron chi connectivity index (χ4n) is 1.49. The molecular weight excluding hydrogens is 263 g/mol. The van der Waals surface area contributed by atoms with Gasteiger partial charge in [-0.05, 0) is 12.1 Å². The number of rotatable bonds is 3. The van der Waals surface area contributed by atoms with E-state index in [4.69, 9.17) is 5.73 Å². The summed E-state index contributed by atoms with van der Waals surface area (Å²) in [4.78, 5) is 7.74. The lowest BCUT2D eigenvalue weighted by atomic mass is 10.3. The first-order valence-electron chi connectivity index (χ1n) is 5.16. The Hall–Kier alpha value is -1.47. The number of thiazole rings is 1. The van der Waals surface area contributed by atoms with Crippen LogP contribution >= 0.6 is 11.3 Å². The predicted octanol–water partition coefficient (Wildman–Crippen LogP) is 2.61. The molecule has 2 rings (SSSR count). The summed E-state index contributed by atoms with van der Waals surface area (Å²) < 4.78 is 38.0. The highest BCUT2D eigenvalue weighted by atomic mass is 32.1. The topological polar surface area (TPSA) is 51.8 Å². The van der Waals surface area contributed by atoms with Crippen LogP contribution in [0, 0.1) is 0 Å². The van der Waals surface area contributed by atoms with Gasteiger partial charge in [-0.15, -0.1) is 11.3 Å². The second kappa shape index (κ2) is 5.03. The quantitative estimate of drug-likeness (QED) is 0.935. The van der Waals surface area contributed by atoms with E-state index in [-0.39, 0.29) is 17.8 Å². The van der Waals surface area contributed by atoms with Crippen LogP contribution in [0.15, 0.2) is 24.4 Å². The number of nitrogens with zero attached hydrogens (tertiary/aromatic N) is 2.